The molecule has 2 aromatic rings. The standard InChI is InChI=1S/C24H30NO8P/c1-4-33-34(29,17-19(23(27)31-3)10-15-22(26)30-2)21-13-11-20(12-14-21)25-24(28)32-16-18-8-6-5-7-9-18/h5-9,11-14,19H,4,10,15-17H2,1-3H3,(H,25,28). The molecule has 2 unspecified atom stereocenters. The van der Waals surface area contributed by atoms with Crippen LogP contribution >= 0.6 is 7.37 Å². The highest BCUT2D eigenvalue weighted by Gasteiger charge is 2.34. The van der Waals surface area contributed by atoms with E-state index in [2.05, 4.69) is 10.1 Å². The third-order valence-corrected chi connectivity index (χ3v) is 7.66. The SMILES string of the molecule is CCOP(=O)(CC(CCC(=O)OC)C(=O)OC)c1ccc(NC(=O)OCc2ccccc2)cc1. The van der Waals surface area contributed by atoms with E-state index in [0.717, 1.165) is 5.56 Å². The summed E-state index contributed by atoms with van der Waals surface area (Å²) in [5.74, 6) is -1.87. The van der Waals surface area contributed by atoms with Crippen LogP contribution in [0.5, 0.6) is 0 Å². The quantitative estimate of drug-likeness (QED) is 0.268. The first kappa shape index (κ1) is 27.1. The smallest absolute Gasteiger partial charge is 0.411 e. The molecule has 0 bridgehead atoms. The largest absolute Gasteiger partial charge is 0.469 e. The summed E-state index contributed by atoms with van der Waals surface area (Å²) in [6.07, 6.45) is -0.658. The van der Waals surface area contributed by atoms with Crippen LogP contribution in [0.3, 0.4) is 0 Å². The Morgan fingerprint density at radius 1 is 0.971 bits per heavy atom. The van der Waals surface area contributed by atoms with Gasteiger partial charge in [0.25, 0.3) is 0 Å². The Labute approximate surface area is 199 Å². The number of nitrogens with one attached hydrogen (secondary N) is 1. The van der Waals surface area contributed by atoms with Crippen molar-refractivity contribution < 1.29 is 37.7 Å². The van der Waals surface area contributed by atoms with Crippen LogP contribution in [0, 0.1) is 5.92 Å². The van der Waals surface area contributed by atoms with E-state index in [4.69, 9.17) is 14.0 Å². The zero-order valence-corrected chi connectivity index (χ0v) is 20.4. The number of carbonyl (C=O) groups excluding carboxylic acids is 3. The third-order valence-electron chi connectivity index (χ3n) is 4.98. The van der Waals surface area contributed by atoms with Gasteiger partial charge in [-0.05, 0) is 43.2 Å². The molecular formula is C24H30NO8P. The zero-order chi connectivity index (χ0) is 25.0. The lowest BCUT2D eigenvalue weighted by Crippen LogP contribution is -2.25. The zero-order valence-electron chi connectivity index (χ0n) is 19.5. The Hall–Kier alpha value is -3.16. The topological polar surface area (TPSA) is 117 Å². The van der Waals surface area contributed by atoms with E-state index in [1.165, 1.54) is 14.2 Å². The third kappa shape index (κ3) is 8.32. The van der Waals surface area contributed by atoms with Gasteiger partial charge >= 0.3 is 18.0 Å². The number of benzene rings is 2. The fourth-order valence-corrected chi connectivity index (χ4v) is 5.62. The summed E-state index contributed by atoms with van der Waals surface area (Å²) < 4.78 is 33.9. The van der Waals surface area contributed by atoms with Crippen molar-refractivity contribution in [3.8, 4) is 0 Å². The summed E-state index contributed by atoms with van der Waals surface area (Å²) in [7, 11) is -0.977. The van der Waals surface area contributed by atoms with Gasteiger partial charge in [-0.25, -0.2) is 4.79 Å². The van der Waals surface area contributed by atoms with Gasteiger partial charge in [0, 0.05) is 23.6 Å². The number of anilines is 1. The van der Waals surface area contributed by atoms with Crippen LogP contribution in [0.15, 0.2) is 54.6 Å². The van der Waals surface area contributed by atoms with Gasteiger partial charge < -0.3 is 18.7 Å². The van der Waals surface area contributed by atoms with Crippen LogP contribution in [-0.2, 0) is 39.5 Å². The van der Waals surface area contributed by atoms with Crippen LogP contribution in [0.25, 0.3) is 0 Å². The predicted molar refractivity (Wildman–Crippen MR) is 127 cm³/mol. The summed E-state index contributed by atoms with van der Waals surface area (Å²) in [6, 6.07) is 15.6. The van der Waals surface area contributed by atoms with Crippen molar-refractivity contribution in [2.45, 2.75) is 26.4 Å². The fourth-order valence-electron chi connectivity index (χ4n) is 3.22. The van der Waals surface area contributed by atoms with Crippen LogP contribution in [0.4, 0.5) is 10.5 Å². The average molecular weight is 491 g/mol. The molecule has 0 aliphatic heterocycles. The monoisotopic (exact) mass is 491 g/mol. The van der Waals surface area contributed by atoms with Crippen molar-refractivity contribution in [1.29, 1.82) is 0 Å². The summed E-state index contributed by atoms with van der Waals surface area (Å²) in [6.45, 7) is 1.99. The highest BCUT2D eigenvalue weighted by atomic mass is 31.2. The van der Waals surface area contributed by atoms with Crippen LogP contribution < -0.4 is 10.6 Å². The number of amides is 1. The summed E-state index contributed by atoms with van der Waals surface area (Å²) in [4.78, 5) is 35.8. The predicted octanol–water partition coefficient (Wildman–Crippen LogP) is 4.12. The van der Waals surface area contributed by atoms with Gasteiger partial charge in [-0.3, -0.25) is 19.5 Å². The lowest BCUT2D eigenvalue weighted by Gasteiger charge is -2.23. The van der Waals surface area contributed by atoms with Gasteiger partial charge in [0.15, 0.2) is 0 Å². The van der Waals surface area contributed by atoms with Crippen molar-refractivity contribution >= 4 is 36.4 Å². The lowest BCUT2D eigenvalue weighted by molar-refractivity contribution is -0.146. The van der Waals surface area contributed by atoms with E-state index in [1.54, 1.807) is 31.2 Å². The van der Waals surface area contributed by atoms with E-state index in [1.807, 2.05) is 30.3 Å². The average Bonchev–Trinajstić information content (AvgIpc) is 2.85. The van der Waals surface area contributed by atoms with Gasteiger partial charge in [0.1, 0.15) is 6.61 Å². The van der Waals surface area contributed by atoms with Gasteiger partial charge in [-0.2, -0.15) is 0 Å². The Balaban J connectivity index is 2.08. The molecule has 0 spiro atoms. The second kappa shape index (κ2) is 13.5. The fraction of sp³-hybridized carbons (Fsp3) is 0.375. The molecular weight excluding hydrogens is 461 g/mol. The first-order chi connectivity index (χ1) is 16.3. The molecule has 0 heterocycles. The second-order valence-corrected chi connectivity index (χ2v) is 9.83. The highest BCUT2D eigenvalue weighted by Crippen LogP contribution is 2.48. The van der Waals surface area contributed by atoms with Gasteiger partial charge in [0.05, 0.1) is 26.7 Å². The Morgan fingerprint density at radius 3 is 2.24 bits per heavy atom. The molecule has 0 aliphatic carbocycles. The molecule has 0 radical (unpaired) electrons. The van der Waals surface area contributed by atoms with E-state index in [9.17, 15) is 18.9 Å². The first-order valence-electron chi connectivity index (χ1n) is 10.8. The molecule has 0 fully saturated rings. The minimum atomic E-state index is -3.47. The summed E-state index contributed by atoms with van der Waals surface area (Å²) >= 11 is 0. The van der Waals surface area contributed by atoms with Crippen molar-refractivity contribution in [2.24, 2.45) is 5.92 Å². The molecule has 2 rings (SSSR count). The molecule has 1 N–H and O–H groups in total. The number of ether oxygens (including phenoxy) is 3. The molecule has 0 saturated carbocycles. The van der Waals surface area contributed by atoms with E-state index in [0.29, 0.717) is 11.0 Å². The number of hydrogen-bond donors (Lipinski definition) is 1. The molecule has 34 heavy (non-hydrogen) atoms. The van der Waals surface area contributed by atoms with Crippen LogP contribution in [0.2, 0.25) is 0 Å². The maximum absolute atomic E-state index is 13.7. The molecule has 10 heteroatoms. The molecule has 0 aromatic heterocycles. The highest BCUT2D eigenvalue weighted by molar-refractivity contribution is 7.67. The Kier molecular flexibility index (Phi) is 10.8. The molecule has 9 nitrogen and oxygen atoms in total. The minimum absolute atomic E-state index is 0.0175. The minimum Gasteiger partial charge on any atom is -0.469 e. The number of hydrogen-bond acceptors (Lipinski definition) is 8. The van der Waals surface area contributed by atoms with Crippen molar-refractivity contribution in [1.82, 2.24) is 0 Å². The van der Waals surface area contributed by atoms with E-state index in [-0.39, 0.29) is 32.2 Å². The second-order valence-electron chi connectivity index (χ2n) is 7.34. The summed E-state index contributed by atoms with van der Waals surface area (Å²) in [5, 5.41) is 2.99. The number of carbonyl (C=O) groups is 3. The maximum atomic E-state index is 13.7. The molecule has 0 saturated heterocycles. The normalized spacial score (nSPS) is 13.3. The molecule has 184 valence electrons. The van der Waals surface area contributed by atoms with Crippen molar-refractivity contribution in [3.63, 3.8) is 0 Å². The maximum Gasteiger partial charge on any atom is 0.411 e. The van der Waals surface area contributed by atoms with Crippen LogP contribution in [0.1, 0.15) is 25.3 Å². The Morgan fingerprint density at radius 2 is 1.65 bits per heavy atom. The summed E-state index contributed by atoms with van der Waals surface area (Å²) in [5.41, 5.74) is 1.30. The lowest BCUT2D eigenvalue weighted by atomic mass is 10.1. The van der Waals surface area contributed by atoms with Gasteiger partial charge in [-0.1, -0.05) is 30.3 Å². The van der Waals surface area contributed by atoms with Crippen molar-refractivity contribution in [3.05, 3.63) is 60.2 Å². The van der Waals surface area contributed by atoms with E-state index < -0.39 is 31.3 Å². The first-order valence-corrected chi connectivity index (χ1v) is 12.6. The van der Waals surface area contributed by atoms with Crippen LogP contribution in [-0.4, -0.2) is 45.0 Å². The van der Waals surface area contributed by atoms with E-state index >= 15 is 0 Å². The number of esters is 2. The molecule has 0 aliphatic rings. The number of methoxy groups -OCH3 is 2. The van der Waals surface area contributed by atoms with Gasteiger partial charge in [-0.15, -0.1) is 0 Å². The molecule has 1 amide bonds. The molecule has 2 aromatic carbocycles. The number of rotatable bonds is 12. The molecule has 2 atom stereocenters. The van der Waals surface area contributed by atoms with Crippen molar-refractivity contribution in [2.75, 3.05) is 32.3 Å². The van der Waals surface area contributed by atoms with Gasteiger partial charge in [0.2, 0.25) is 7.37 Å². The Bertz CT molecular complexity index is 994.